The number of para-hydroxylation sites is 1. The van der Waals surface area contributed by atoms with Crippen LogP contribution >= 0.6 is 0 Å². The molecule has 1 aliphatic heterocycles. The van der Waals surface area contributed by atoms with E-state index in [0.717, 1.165) is 30.2 Å². The molecule has 2 aromatic rings. The van der Waals surface area contributed by atoms with Crippen molar-refractivity contribution in [1.82, 2.24) is 5.32 Å². The summed E-state index contributed by atoms with van der Waals surface area (Å²) in [5.74, 6) is 0.830. The van der Waals surface area contributed by atoms with Gasteiger partial charge in [-0.15, -0.1) is 0 Å². The SMILES string of the molecule is COc1ccc(N2CCNC(C(=O)Nc3ccccc3)C2)cc1. The molecule has 1 atom stereocenters. The van der Waals surface area contributed by atoms with E-state index in [0.29, 0.717) is 6.54 Å². The van der Waals surface area contributed by atoms with Crippen LogP contribution in [0.5, 0.6) is 5.75 Å². The minimum atomic E-state index is -0.231. The lowest BCUT2D eigenvalue weighted by Gasteiger charge is -2.34. The maximum atomic E-state index is 12.4. The first-order chi connectivity index (χ1) is 11.3. The fourth-order valence-corrected chi connectivity index (χ4v) is 2.70. The predicted molar refractivity (Wildman–Crippen MR) is 92.1 cm³/mol. The fourth-order valence-electron chi connectivity index (χ4n) is 2.70. The molecule has 120 valence electrons. The Bertz CT molecular complexity index is 643. The Morgan fingerprint density at radius 3 is 2.61 bits per heavy atom. The largest absolute Gasteiger partial charge is 0.497 e. The molecule has 5 nitrogen and oxygen atoms in total. The number of nitrogens with zero attached hydrogens (tertiary/aromatic N) is 1. The summed E-state index contributed by atoms with van der Waals surface area (Å²) in [6.45, 7) is 2.30. The van der Waals surface area contributed by atoms with Crippen molar-refractivity contribution in [2.45, 2.75) is 6.04 Å². The van der Waals surface area contributed by atoms with Crippen LogP contribution in [-0.4, -0.2) is 38.7 Å². The second kappa shape index (κ2) is 7.15. The van der Waals surface area contributed by atoms with Crippen LogP contribution in [0.4, 0.5) is 11.4 Å². The van der Waals surface area contributed by atoms with Crippen molar-refractivity contribution >= 4 is 17.3 Å². The normalized spacial score (nSPS) is 17.6. The molecule has 0 radical (unpaired) electrons. The zero-order chi connectivity index (χ0) is 16.1. The summed E-state index contributed by atoms with van der Waals surface area (Å²) in [5.41, 5.74) is 1.92. The van der Waals surface area contributed by atoms with Gasteiger partial charge in [-0.3, -0.25) is 4.79 Å². The van der Waals surface area contributed by atoms with Gasteiger partial charge in [0.1, 0.15) is 11.8 Å². The van der Waals surface area contributed by atoms with Crippen LogP contribution < -0.4 is 20.3 Å². The van der Waals surface area contributed by atoms with Gasteiger partial charge in [-0.1, -0.05) is 18.2 Å². The number of rotatable bonds is 4. The maximum absolute atomic E-state index is 12.4. The third-order valence-electron chi connectivity index (χ3n) is 3.97. The summed E-state index contributed by atoms with van der Waals surface area (Å²) in [6, 6.07) is 17.2. The maximum Gasteiger partial charge on any atom is 0.243 e. The van der Waals surface area contributed by atoms with Gasteiger partial charge in [0.05, 0.1) is 7.11 Å². The van der Waals surface area contributed by atoms with Gasteiger partial charge < -0.3 is 20.3 Å². The van der Waals surface area contributed by atoms with Gasteiger partial charge in [-0.25, -0.2) is 0 Å². The van der Waals surface area contributed by atoms with E-state index in [9.17, 15) is 4.79 Å². The number of ether oxygens (including phenoxy) is 1. The predicted octanol–water partition coefficient (Wildman–Crippen LogP) is 2.11. The van der Waals surface area contributed by atoms with Crippen LogP contribution in [-0.2, 0) is 4.79 Å². The Balaban J connectivity index is 1.64. The number of amides is 1. The van der Waals surface area contributed by atoms with E-state index in [1.165, 1.54) is 0 Å². The number of hydrogen-bond acceptors (Lipinski definition) is 4. The van der Waals surface area contributed by atoms with Crippen molar-refractivity contribution < 1.29 is 9.53 Å². The van der Waals surface area contributed by atoms with Gasteiger partial charge in [0, 0.05) is 31.0 Å². The highest BCUT2D eigenvalue weighted by Crippen LogP contribution is 2.20. The van der Waals surface area contributed by atoms with Crippen LogP contribution in [0.1, 0.15) is 0 Å². The molecule has 0 saturated carbocycles. The molecule has 0 aromatic heterocycles. The topological polar surface area (TPSA) is 53.6 Å². The smallest absolute Gasteiger partial charge is 0.243 e. The van der Waals surface area contributed by atoms with E-state index >= 15 is 0 Å². The van der Waals surface area contributed by atoms with Gasteiger partial charge >= 0.3 is 0 Å². The van der Waals surface area contributed by atoms with Gasteiger partial charge in [-0.2, -0.15) is 0 Å². The van der Waals surface area contributed by atoms with Crippen LogP contribution in [0.2, 0.25) is 0 Å². The van der Waals surface area contributed by atoms with E-state index in [2.05, 4.69) is 15.5 Å². The molecule has 1 amide bonds. The van der Waals surface area contributed by atoms with Gasteiger partial charge in [-0.05, 0) is 36.4 Å². The lowest BCUT2D eigenvalue weighted by atomic mass is 10.1. The minimum Gasteiger partial charge on any atom is -0.497 e. The highest BCUT2D eigenvalue weighted by Gasteiger charge is 2.25. The molecule has 1 fully saturated rings. The molecule has 1 unspecified atom stereocenters. The lowest BCUT2D eigenvalue weighted by molar-refractivity contribution is -0.118. The highest BCUT2D eigenvalue weighted by molar-refractivity contribution is 5.95. The number of piperazine rings is 1. The van der Waals surface area contributed by atoms with Crippen molar-refractivity contribution in [3.8, 4) is 5.75 Å². The number of nitrogens with one attached hydrogen (secondary N) is 2. The molecule has 23 heavy (non-hydrogen) atoms. The first-order valence-electron chi connectivity index (χ1n) is 7.74. The zero-order valence-corrected chi connectivity index (χ0v) is 13.2. The third kappa shape index (κ3) is 3.81. The van der Waals surface area contributed by atoms with Crippen molar-refractivity contribution in [3.05, 3.63) is 54.6 Å². The van der Waals surface area contributed by atoms with Crippen molar-refractivity contribution in [1.29, 1.82) is 0 Å². The first-order valence-corrected chi connectivity index (χ1v) is 7.74. The molecule has 1 aliphatic rings. The van der Waals surface area contributed by atoms with Crippen molar-refractivity contribution in [2.75, 3.05) is 37.0 Å². The second-order valence-electron chi connectivity index (χ2n) is 5.51. The van der Waals surface area contributed by atoms with Gasteiger partial charge in [0.15, 0.2) is 0 Å². The number of carbonyl (C=O) groups is 1. The summed E-state index contributed by atoms with van der Waals surface area (Å²) in [5, 5.41) is 6.24. The fraction of sp³-hybridized carbons (Fsp3) is 0.278. The van der Waals surface area contributed by atoms with E-state index in [-0.39, 0.29) is 11.9 Å². The molecule has 2 N–H and O–H groups in total. The minimum absolute atomic E-state index is 0.00517. The van der Waals surface area contributed by atoms with Gasteiger partial charge in [0.25, 0.3) is 0 Å². The second-order valence-corrected chi connectivity index (χ2v) is 5.51. The van der Waals surface area contributed by atoms with Crippen molar-refractivity contribution in [2.24, 2.45) is 0 Å². The highest BCUT2D eigenvalue weighted by atomic mass is 16.5. The molecule has 1 heterocycles. The third-order valence-corrected chi connectivity index (χ3v) is 3.97. The molecule has 5 heteroatoms. The van der Waals surface area contributed by atoms with E-state index in [1.54, 1.807) is 7.11 Å². The zero-order valence-electron chi connectivity index (χ0n) is 13.2. The molecular formula is C18H21N3O2. The van der Waals surface area contributed by atoms with E-state index in [1.807, 2.05) is 54.6 Å². The Kier molecular flexibility index (Phi) is 4.78. The summed E-state index contributed by atoms with van der Waals surface area (Å²) in [4.78, 5) is 14.6. The number of carbonyl (C=O) groups excluding carboxylic acids is 1. The standard InChI is InChI=1S/C18H21N3O2/c1-23-16-9-7-15(8-10-16)21-12-11-19-17(13-21)18(22)20-14-5-3-2-4-6-14/h2-10,17,19H,11-13H2,1H3,(H,20,22). The van der Waals surface area contributed by atoms with Crippen LogP contribution in [0.25, 0.3) is 0 Å². The molecule has 0 spiro atoms. The Morgan fingerprint density at radius 2 is 1.91 bits per heavy atom. The summed E-state index contributed by atoms with van der Waals surface area (Å²) in [6.07, 6.45) is 0. The van der Waals surface area contributed by atoms with Crippen molar-refractivity contribution in [3.63, 3.8) is 0 Å². The molecule has 2 aromatic carbocycles. The average Bonchev–Trinajstić information content (AvgIpc) is 2.63. The average molecular weight is 311 g/mol. The number of anilines is 2. The monoisotopic (exact) mass is 311 g/mol. The van der Waals surface area contributed by atoms with Crippen LogP contribution in [0, 0.1) is 0 Å². The number of benzene rings is 2. The number of methoxy groups -OCH3 is 1. The quantitative estimate of drug-likeness (QED) is 0.908. The summed E-state index contributed by atoms with van der Waals surface area (Å²) < 4.78 is 5.19. The number of hydrogen-bond donors (Lipinski definition) is 2. The summed E-state index contributed by atoms with van der Waals surface area (Å²) in [7, 11) is 1.66. The van der Waals surface area contributed by atoms with E-state index in [4.69, 9.17) is 4.74 Å². The van der Waals surface area contributed by atoms with Gasteiger partial charge in [0.2, 0.25) is 5.91 Å². The Hall–Kier alpha value is -2.53. The lowest BCUT2D eigenvalue weighted by Crippen LogP contribution is -2.55. The Morgan fingerprint density at radius 1 is 1.17 bits per heavy atom. The first kappa shape index (κ1) is 15.4. The van der Waals surface area contributed by atoms with Crippen LogP contribution in [0.15, 0.2) is 54.6 Å². The molecular weight excluding hydrogens is 290 g/mol. The molecule has 0 bridgehead atoms. The summed E-state index contributed by atoms with van der Waals surface area (Å²) >= 11 is 0. The van der Waals surface area contributed by atoms with E-state index < -0.39 is 0 Å². The molecule has 1 saturated heterocycles. The van der Waals surface area contributed by atoms with Crippen LogP contribution in [0.3, 0.4) is 0 Å². The Labute approximate surface area is 136 Å². The molecule has 3 rings (SSSR count). The molecule has 0 aliphatic carbocycles.